The van der Waals surface area contributed by atoms with Crippen molar-refractivity contribution in [1.29, 1.82) is 0 Å². The minimum atomic E-state index is -5.16. The summed E-state index contributed by atoms with van der Waals surface area (Å²) in [4.78, 5) is 13.4. The van der Waals surface area contributed by atoms with Crippen molar-refractivity contribution in [3.63, 3.8) is 0 Å². The Morgan fingerprint density at radius 3 is 2.46 bits per heavy atom. The number of ether oxygens (including phenoxy) is 1. The van der Waals surface area contributed by atoms with E-state index in [9.17, 15) is 30.3 Å². The Kier molecular flexibility index (Phi) is 5.96. The molecular weight excluding hydrogens is 384 g/mol. The zero-order valence-corrected chi connectivity index (χ0v) is 14.3. The third-order valence-corrected chi connectivity index (χ3v) is 3.77. The van der Waals surface area contributed by atoms with Gasteiger partial charge in [-0.2, -0.15) is 21.6 Å². The van der Waals surface area contributed by atoms with Crippen LogP contribution in [0, 0.1) is 0 Å². The van der Waals surface area contributed by atoms with Gasteiger partial charge >= 0.3 is 22.7 Å². The molecule has 12 heteroatoms. The lowest BCUT2D eigenvalue weighted by molar-refractivity contribution is -0.177. The molecule has 2 atom stereocenters. The topological polar surface area (TPSA) is 84.9 Å². The number of nitrogens with zero attached hydrogens (tertiary/aromatic N) is 1. The van der Waals surface area contributed by atoms with E-state index in [1.165, 1.54) is 17.0 Å². The van der Waals surface area contributed by atoms with Gasteiger partial charge in [-0.25, -0.2) is 4.79 Å². The molecule has 2 amide bonds. The van der Waals surface area contributed by atoms with Gasteiger partial charge in [0, 0.05) is 18.8 Å². The molecular formula is C14H16F4N2O5S. The van der Waals surface area contributed by atoms with Gasteiger partial charge in [-0.15, -0.1) is 0 Å². The number of carbonyl (C=O) groups excluding carboxylic acids is 1. The second kappa shape index (κ2) is 7.66. The number of urea groups is 1. The molecule has 2 unspecified atom stereocenters. The maximum absolute atomic E-state index is 12.5. The molecule has 146 valence electrons. The lowest BCUT2D eigenvalue weighted by atomic mass is 10.1. The average Bonchev–Trinajstić information content (AvgIpc) is 2.45. The van der Waals surface area contributed by atoms with E-state index < -0.39 is 41.3 Å². The number of benzene rings is 1. The highest BCUT2D eigenvalue weighted by molar-refractivity contribution is 7.81. The summed E-state index contributed by atoms with van der Waals surface area (Å²) in [6.07, 6.45) is -7.29. The van der Waals surface area contributed by atoms with Crippen LogP contribution in [-0.2, 0) is 15.2 Å². The Labute approximate surface area is 147 Å². The largest absolute Gasteiger partial charge is 0.488 e. The van der Waals surface area contributed by atoms with Crippen molar-refractivity contribution in [2.24, 2.45) is 0 Å². The van der Waals surface area contributed by atoms with Crippen LogP contribution < -0.4 is 9.50 Å². The Morgan fingerprint density at radius 1 is 1.31 bits per heavy atom. The minimum absolute atomic E-state index is 0.113. The monoisotopic (exact) mass is 400 g/mol. The first-order valence-corrected chi connectivity index (χ1v) is 8.74. The molecule has 0 aliphatic carbocycles. The van der Waals surface area contributed by atoms with Crippen LogP contribution in [0.5, 0.6) is 5.75 Å². The lowest BCUT2D eigenvalue weighted by Crippen LogP contribution is -2.51. The van der Waals surface area contributed by atoms with E-state index in [2.05, 4.69) is 9.50 Å². The number of hydrogen-bond donors (Lipinski definition) is 1. The van der Waals surface area contributed by atoms with E-state index in [0.717, 1.165) is 12.1 Å². The first kappa shape index (κ1) is 20.2. The number of amides is 2. The molecule has 2 rings (SSSR count). The number of morpholine rings is 1. The molecule has 0 bridgehead atoms. The SMILES string of the molecule is CC1CN(C(=O)Nc2ccc(OS(=O)(=O)F)cc2)CC(CC(F)(F)F)O1. The minimum Gasteiger partial charge on any atom is -0.371 e. The predicted octanol–water partition coefficient (Wildman–Crippen LogP) is 2.85. The van der Waals surface area contributed by atoms with Crippen LogP contribution in [0.1, 0.15) is 13.3 Å². The van der Waals surface area contributed by atoms with Gasteiger partial charge < -0.3 is 19.1 Å². The highest BCUT2D eigenvalue weighted by Gasteiger charge is 2.37. The van der Waals surface area contributed by atoms with Gasteiger partial charge in [0.1, 0.15) is 5.75 Å². The highest BCUT2D eigenvalue weighted by atomic mass is 32.3. The summed E-state index contributed by atoms with van der Waals surface area (Å²) in [5.41, 5.74) is 0.227. The number of halogens is 4. The molecule has 1 fully saturated rings. The van der Waals surface area contributed by atoms with Crippen LogP contribution in [0.2, 0.25) is 0 Å². The van der Waals surface area contributed by atoms with Crippen LogP contribution in [0.4, 0.5) is 27.5 Å². The number of anilines is 1. The first-order valence-electron chi connectivity index (χ1n) is 7.43. The fourth-order valence-corrected chi connectivity index (χ4v) is 2.83. The van der Waals surface area contributed by atoms with E-state index >= 15 is 0 Å². The van der Waals surface area contributed by atoms with Gasteiger partial charge in [0.25, 0.3) is 0 Å². The normalized spacial score (nSPS) is 21.3. The predicted molar refractivity (Wildman–Crippen MR) is 82.7 cm³/mol. The van der Waals surface area contributed by atoms with E-state index in [1.54, 1.807) is 6.92 Å². The third kappa shape index (κ3) is 6.67. The summed E-state index contributed by atoms with van der Waals surface area (Å²) < 4.78 is 79.9. The number of hydrogen-bond acceptors (Lipinski definition) is 5. The highest BCUT2D eigenvalue weighted by Crippen LogP contribution is 2.26. The van der Waals surface area contributed by atoms with Crippen LogP contribution in [0.15, 0.2) is 24.3 Å². The van der Waals surface area contributed by atoms with Gasteiger partial charge in [-0.05, 0) is 31.2 Å². The molecule has 0 spiro atoms. The molecule has 1 aromatic carbocycles. The quantitative estimate of drug-likeness (QED) is 0.621. The van der Waals surface area contributed by atoms with E-state index in [-0.39, 0.29) is 24.5 Å². The molecule has 0 radical (unpaired) electrons. The fourth-order valence-electron chi connectivity index (χ4n) is 2.49. The fraction of sp³-hybridized carbons (Fsp3) is 0.500. The summed E-state index contributed by atoms with van der Waals surface area (Å²) in [6, 6.07) is 4.10. The van der Waals surface area contributed by atoms with Gasteiger partial charge in [-0.1, -0.05) is 3.89 Å². The first-order chi connectivity index (χ1) is 11.9. The van der Waals surface area contributed by atoms with Crippen LogP contribution in [-0.4, -0.2) is 50.8 Å². The van der Waals surface area contributed by atoms with Crippen LogP contribution in [0.3, 0.4) is 0 Å². The van der Waals surface area contributed by atoms with Crippen molar-refractivity contribution in [2.75, 3.05) is 18.4 Å². The summed E-state index contributed by atoms with van der Waals surface area (Å²) in [5, 5.41) is 2.46. The van der Waals surface area contributed by atoms with Gasteiger partial charge in [0.15, 0.2) is 0 Å². The summed E-state index contributed by atoms with van der Waals surface area (Å²) in [7, 11) is -5.16. The van der Waals surface area contributed by atoms with Crippen molar-refractivity contribution in [1.82, 2.24) is 4.90 Å². The van der Waals surface area contributed by atoms with E-state index in [1.807, 2.05) is 0 Å². The second-order valence-corrected chi connectivity index (χ2v) is 6.68. The molecule has 0 saturated carbocycles. The van der Waals surface area contributed by atoms with Crippen molar-refractivity contribution < 1.29 is 39.2 Å². The number of rotatable bonds is 4. The van der Waals surface area contributed by atoms with Crippen molar-refractivity contribution in [3.8, 4) is 5.75 Å². The third-order valence-electron chi connectivity index (χ3n) is 3.37. The zero-order valence-electron chi connectivity index (χ0n) is 13.5. The summed E-state index contributed by atoms with van der Waals surface area (Å²) >= 11 is 0. The Morgan fingerprint density at radius 2 is 1.92 bits per heavy atom. The molecule has 26 heavy (non-hydrogen) atoms. The van der Waals surface area contributed by atoms with Crippen LogP contribution >= 0.6 is 0 Å². The van der Waals surface area contributed by atoms with Gasteiger partial charge in [-0.3, -0.25) is 0 Å². The van der Waals surface area contributed by atoms with E-state index in [4.69, 9.17) is 4.74 Å². The Hall–Kier alpha value is -2.08. The zero-order chi connectivity index (χ0) is 19.5. The number of carbonyl (C=O) groups is 1. The average molecular weight is 400 g/mol. The van der Waals surface area contributed by atoms with E-state index in [0.29, 0.717) is 0 Å². The maximum atomic E-state index is 12.5. The molecule has 1 aliphatic rings. The molecule has 1 heterocycles. The van der Waals surface area contributed by atoms with Gasteiger partial charge in [0.05, 0.1) is 18.6 Å². The van der Waals surface area contributed by atoms with Gasteiger partial charge in [0.2, 0.25) is 0 Å². The van der Waals surface area contributed by atoms with Crippen molar-refractivity contribution in [3.05, 3.63) is 24.3 Å². The molecule has 1 N–H and O–H groups in total. The second-order valence-electron chi connectivity index (χ2n) is 5.72. The summed E-state index contributed by atoms with van der Waals surface area (Å²) in [5.74, 6) is -0.296. The van der Waals surface area contributed by atoms with Crippen LogP contribution in [0.25, 0.3) is 0 Å². The standard InChI is InChI=1S/C14H16F4N2O5S/c1-9-7-20(8-12(24-9)6-14(15,16)17)13(21)19-10-2-4-11(5-3-10)25-26(18,22)23/h2-5,9,12H,6-8H2,1H3,(H,19,21). The summed E-state index contributed by atoms with van der Waals surface area (Å²) in [6.45, 7) is 1.45. The Bertz CT molecular complexity index is 739. The Balaban J connectivity index is 1.97. The number of nitrogens with one attached hydrogen (secondary N) is 1. The number of alkyl halides is 3. The molecule has 1 aromatic rings. The van der Waals surface area contributed by atoms with Crippen molar-refractivity contribution in [2.45, 2.75) is 31.7 Å². The molecule has 1 saturated heterocycles. The smallest absolute Gasteiger partial charge is 0.371 e. The molecule has 0 aromatic heterocycles. The maximum Gasteiger partial charge on any atom is 0.488 e. The lowest BCUT2D eigenvalue weighted by Gasteiger charge is -2.37. The molecule has 7 nitrogen and oxygen atoms in total. The molecule has 1 aliphatic heterocycles. The van der Waals surface area contributed by atoms with Crippen molar-refractivity contribution >= 4 is 22.2 Å².